The van der Waals surface area contributed by atoms with Crippen molar-refractivity contribution in [2.75, 3.05) is 12.8 Å². The molecule has 0 fully saturated rings. The van der Waals surface area contributed by atoms with Gasteiger partial charge in [-0.15, -0.1) is 10.2 Å². The van der Waals surface area contributed by atoms with Gasteiger partial charge in [0, 0.05) is 19.3 Å². The Kier molecular flexibility index (Phi) is 7.18. The molecule has 2 heterocycles. The Hall–Kier alpha value is -3.17. The summed E-state index contributed by atoms with van der Waals surface area (Å²) < 4.78 is 21.4. The smallest absolute Gasteiger partial charge is 0.233 e. The second-order valence-electron chi connectivity index (χ2n) is 6.96. The molecule has 4 rings (SSSR count). The lowest BCUT2D eigenvalue weighted by Gasteiger charge is -2.16. The summed E-state index contributed by atoms with van der Waals surface area (Å²) in [4.78, 5) is 14.3. The van der Waals surface area contributed by atoms with E-state index >= 15 is 0 Å². The van der Waals surface area contributed by atoms with Gasteiger partial charge in [0.05, 0.1) is 5.75 Å². The fourth-order valence-corrected chi connectivity index (χ4v) is 4.58. The average Bonchev–Trinajstić information content (AvgIpc) is 3.47. The minimum Gasteiger partial charge on any atom is -0.483 e. The number of thiophene rings is 1. The predicted molar refractivity (Wildman–Crippen MR) is 124 cm³/mol. The summed E-state index contributed by atoms with van der Waals surface area (Å²) in [6, 6.07) is 17.8. The first-order chi connectivity index (χ1) is 15.6. The van der Waals surface area contributed by atoms with Crippen LogP contribution in [0.4, 0.5) is 4.39 Å². The van der Waals surface area contributed by atoms with Crippen molar-refractivity contribution >= 4 is 29.0 Å². The molecule has 0 aliphatic heterocycles. The normalized spacial score (nSPS) is 10.8. The number of hydrogen-bond acceptors (Lipinski definition) is 6. The van der Waals surface area contributed by atoms with E-state index in [2.05, 4.69) is 10.2 Å². The highest BCUT2D eigenvalue weighted by molar-refractivity contribution is 7.99. The second-order valence-corrected chi connectivity index (χ2v) is 8.68. The third-order valence-corrected chi connectivity index (χ3v) is 6.30. The largest absolute Gasteiger partial charge is 0.483 e. The Morgan fingerprint density at radius 2 is 1.91 bits per heavy atom. The molecule has 4 aromatic rings. The lowest BCUT2D eigenvalue weighted by molar-refractivity contribution is -0.127. The maximum Gasteiger partial charge on any atom is 0.233 e. The van der Waals surface area contributed by atoms with E-state index in [1.54, 1.807) is 41.5 Å². The van der Waals surface area contributed by atoms with Crippen molar-refractivity contribution in [2.24, 2.45) is 0 Å². The third-order valence-electron chi connectivity index (χ3n) is 4.66. The number of carbonyl (C=O) groups excluding carboxylic acids is 1. The maximum atomic E-state index is 13.9. The van der Waals surface area contributed by atoms with E-state index in [1.165, 1.54) is 17.8 Å². The molecule has 2 aromatic carbocycles. The van der Waals surface area contributed by atoms with Crippen LogP contribution in [0.3, 0.4) is 0 Å². The molecule has 2 aromatic heterocycles. The zero-order chi connectivity index (χ0) is 22.3. The second kappa shape index (κ2) is 10.4. The predicted octanol–water partition coefficient (Wildman–Crippen LogP) is 4.80. The van der Waals surface area contributed by atoms with E-state index in [4.69, 9.17) is 4.74 Å². The number of rotatable bonds is 9. The number of para-hydroxylation sites is 2. The summed E-state index contributed by atoms with van der Waals surface area (Å²) in [5.41, 5.74) is 1.95. The molecule has 9 heteroatoms. The Balaban J connectivity index is 1.49. The molecular weight excluding hydrogens is 447 g/mol. The third kappa shape index (κ3) is 5.35. The first-order valence-corrected chi connectivity index (χ1v) is 11.8. The molecule has 0 atom stereocenters. The molecule has 0 bridgehead atoms. The van der Waals surface area contributed by atoms with Crippen molar-refractivity contribution in [1.29, 1.82) is 0 Å². The number of benzene rings is 2. The first-order valence-electron chi connectivity index (χ1n) is 9.86. The topological polar surface area (TPSA) is 60.3 Å². The van der Waals surface area contributed by atoms with Crippen LogP contribution in [0, 0.1) is 5.82 Å². The lowest BCUT2D eigenvalue weighted by atomic mass is 10.3. The van der Waals surface area contributed by atoms with Crippen LogP contribution in [0.5, 0.6) is 5.75 Å². The van der Waals surface area contributed by atoms with Gasteiger partial charge >= 0.3 is 0 Å². The summed E-state index contributed by atoms with van der Waals surface area (Å²) in [5.74, 6) is 0.440. The van der Waals surface area contributed by atoms with Crippen molar-refractivity contribution in [3.63, 3.8) is 0 Å². The van der Waals surface area contributed by atoms with E-state index in [1.807, 2.05) is 51.7 Å². The standard InChI is InChI=1S/C23H21FN4O2S2/c1-27(13-17-11-12-31-15-17)22(29)16-32-23-26-25-21(28(23)18-7-3-2-4-8-18)14-30-20-10-6-5-9-19(20)24/h2-12,15H,13-14,16H2,1H3. The molecule has 0 N–H and O–H groups in total. The van der Waals surface area contributed by atoms with Gasteiger partial charge in [-0.3, -0.25) is 9.36 Å². The molecule has 0 unspecified atom stereocenters. The Bertz CT molecular complexity index is 1170. The fraction of sp³-hybridized carbons (Fsp3) is 0.174. The van der Waals surface area contributed by atoms with Crippen LogP contribution in [-0.2, 0) is 17.9 Å². The quantitative estimate of drug-likeness (QED) is 0.330. The molecule has 6 nitrogen and oxygen atoms in total. The number of carbonyl (C=O) groups is 1. The van der Waals surface area contributed by atoms with Crippen LogP contribution >= 0.6 is 23.1 Å². The summed E-state index contributed by atoms with van der Waals surface area (Å²) in [7, 11) is 1.79. The van der Waals surface area contributed by atoms with Gasteiger partial charge in [-0.2, -0.15) is 11.3 Å². The van der Waals surface area contributed by atoms with E-state index < -0.39 is 5.82 Å². The number of aromatic nitrogens is 3. The number of thioether (sulfide) groups is 1. The Labute approximate surface area is 193 Å². The van der Waals surface area contributed by atoms with Crippen molar-refractivity contribution < 1.29 is 13.9 Å². The molecule has 0 radical (unpaired) electrons. The van der Waals surface area contributed by atoms with E-state index in [-0.39, 0.29) is 24.0 Å². The molecule has 0 aliphatic rings. The van der Waals surface area contributed by atoms with Crippen LogP contribution in [0.25, 0.3) is 5.69 Å². The van der Waals surface area contributed by atoms with Gasteiger partial charge < -0.3 is 9.64 Å². The van der Waals surface area contributed by atoms with Crippen LogP contribution in [-0.4, -0.2) is 38.4 Å². The van der Waals surface area contributed by atoms with Gasteiger partial charge in [0.15, 0.2) is 22.5 Å². The molecule has 1 amide bonds. The molecular formula is C23H21FN4O2S2. The minimum absolute atomic E-state index is 0.00651. The van der Waals surface area contributed by atoms with Crippen molar-refractivity contribution in [3.05, 3.63) is 88.6 Å². The first kappa shape index (κ1) is 22.0. The SMILES string of the molecule is CN(Cc1ccsc1)C(=O)CSc1nnc(COc2ccccc2F)n1-c1ccccc1. The van der Waals surface area contributed by atoms with E-state index in [9.17, 15) is 9.18 Å². The van der Waals surface area contributed by atoms with E-state index in [0.29, 0.717) is 17.5 Å². The van der Waals surface area contributed by atoms with Gasteiger partial charge in [-0.25, -0.2) is 4.39 Å². The van der Waals surface area contributed by atoms with E-state index in [0.717, 1.165) is 11.3 Å². The summed E-state index contributed by atoms with van der Waals surface area (Å²) >= 11 is 2.92. The molecule has 0 aliphatic carbocycles. The average molecular weight is 469 g/mol. The monoisotopic (exact) mass is 468 g/mol. The van der Waals surface area contributed by atoms with Gasteiger partial charge in [0.1, 0.15) is 6.61 Å². The lowest BCUT2D eigenvalue weighted by Crippen LogP contribution is -2.27. The zero-order valence-electron chi connectivity index (χ0n) is 17.3. The van der Waals surface area contributed by atoms with Crippen LogP contribution in [0.15, 0.2) is 76.6 Å². The molecule has 0 spiro atoms. The maximum absolute atomic E-state index is 13.9. The number of ether oxygens (including phenoxy) is 1. The van der Waals surface area contributed by atoms with Crippen LogP contribution in [0.2, 0.25) is 0 Å². The number of halogens is 1. The van der Waals surface area contributed by atoms with Crippen molar-refractivity contribution in [1.82, 2.24) is 19.7 Å². The summed E-state index contributed by atoms with van der Waals surface area (Å²) in [6.07, 6.45) is 0. The highest BCUT2D eigenvalue weighted by Crippen LogP contribution is 2.24. The molecule has 0 saturated heterocycles. The van der Waals surface area contributed by atoms with Gasteiger partial charge in [0.2, 0.25) is 5.91 Å². The Morgan fingerprint density at radius 1 is 1.12 bits per heavy atom. The molecule has 32 heavy (non-hydrogen) atoms. The van der Waals surface area contributed by atoms with Crippen LogP contribution < -0.4 is 4.74 Å². The van der Waals surface area contributed by atoms with Crippen LogP contribution in [0.1, 0.15) is 11.4 Å². The Morgan fingerprint density at radius 3 is 2.66 bits per heavy atom. The molecule has 164 valence electrons. The fourth-order valence-electron chi connectivity index (χ4n) is 3.01. The van der Waals surface area contributed by atoms with Gasteiger partial charge in [-0.05, 0) is 46.7 Å². The van der Waals surface area contributed by atoms with Gasteiger partial charge in [-0.1, -0.05) is 42.1 Å². The zero-order valence-corrected chi connectivity index (χ0v) is 19.0. The molecule has 0 saturated carbocycles. The van der Waals surface area contributed by atoms with Gasteiger partial charge in [0.25, 0.3) is 0 Å². The highest BCUT2D eigenvalue weighted by atomic mass is 32.2. The number of nitrogens with zero attached hydrogens (tertiary/aromatic N) is 4. The van der Waals surface area contributed by atoms with Crippen molar-refractivity contribution in [2.45, 2.75) is 18.3 Å². The summed E-state index contributed by atoms with van der Waals surface area (Å²) in [6.45, 7) is 0.603. The van der Waals surface area contributed by atoms with Crippen molar-refractivity contribution in [3.8, 4) is 11.4 Å². The minimum atomic E-state index is -0.438. The summed E-state index contributed by atoms with van der Waals surface area (Å²) in [5, 5.41) is 13.1. The highest BCUT2D eigenvalue weighted by Gasteiger charge is 2.18. The number of hydrogen-bond donors (Lipinski definition) is 0. The number of amides is 1.